The van der Waals surface area contributed by atoms with Gasteiger partial charge in [-0.05, 0) is 66.9 Å². The molecular weight excluding hydrogens is 416 g/mol. The number of para-hydroxylation sites is 1. The molecule has 0 aliphatic carbocycles. The van der Waals surface area contributed by atoms with Crippen molar-refractivity contribution in [1.82, 2.24) is 0 Å². The van der Waals surface area contributed by atoms with E-state index in [1.54, 1.807) is 24.3 Å². The van der Waals surface area contributed by atoms with Crippen molar-refractivity contribution < 1.29 is 23.8 Å². The van der Waals surface area contributed by atoms with Crippen LogP contribution in [0, 0.1) is 0 Å². The predicted molar refractivity (Wildman–Crippen MR) is 119 cm³/mol. The van der Waals surface area contributed by atoms with E-state index in [-0.39, 0.29) is 19.2 Å². The van der Waals surface area contributed by atoms with E-state index in [1.165, 1.54) is 0 Å². The van der Waals surface area contributed by atoms with Crippen molar-refractivity contribution in [2.45, 2.75) is 19.3 Å². The Bertz CT molecular complexity index is 969. The Hall–Kier alpha value is -3.31. The standard InChI is InChI=1S/C25H23ClO5/c26-21-13-9-19(10-14-21)5-4-8-24(27)31-23-15-11-20(12-16-23)25(28)30-18-17-29-22-6-2-1-3-7-22/h1-3,6-7,9-16H,4-5,8,17-18H2. The molecule has 0 amide bonds. The molecule has 0 aromatic heterocycles. The summed E-state index contributed by atoms with van der Waals surface area (Å²) >= 11 is 5.86. The maximum Gasteiger partial charge on any atom is 0.338 e. The van der Waals surface area contributed by atoms with E-state index in [1.807, 2.05) is 54.6 Å². The fraction of sp³-hybridized carbons (Fsp3) is 0.200. The number of carbonyl (C=O) groups excluding carboxylic acids is 2. The van der Waals surface area contributed by atoms with Crippen LogP contribution in [0.15, 0.2) is 78.9 Å². The molecule has 3 rings (SSSR count). The van der Waals surface area contributed by atoms with E-state index in [0.717, 1.165) is 17.7 Å². The number of aryl methyl sites for hydroxylation is 1. The van der Waals surface area contributed by atoms with E-state index in [9.17, 15) is 9.59 Å². The monoisotopic (exact) mass is 438 g/mol. The number of hydrogen-bond acceptors (Lipinski definition) is 5. The van der Waals surface area contributed by atoms with Gasteiger partial charge < -0.3 is 14.2 Å². The Morgan fingerprint density at radius 3 is 2.19 bits per heavy atom. The van der Waals surface area contributed by atoms with Crippen LogP contribution in [0.2, 0.25) is 5.02 Å². The third-order valence-electron chi connectivity index (χ3n) is 4.41. The molecule has 3 aromatic rings. The van der Waals surface area contributed by atoms with Gasteiger partial charge in [-0.3, -0.25) is 4.79 Å². The van der Waals surface area contributed by atoms with E-state index >= 15 is 0 Å². The molecule has 6 heteroatoms. The molecule has 160 valence electrons. The summed E-state index contributed by atoms with van der Waals surface area (Å²) in [5, 5.41) is 0.691. The van der Waals surface area contributed by atoms with Gasteiger partial charge in [0.1, 0.15) is 24.7 Å². The van der Waals surface area contributed by atoms with Crippen LogP contribution in [0.25, 0.3) is 0 Å². The highest BCUT2D eigenvalue weighted by atomic mass is 35.5. The number of ether oxygens (including phenoxy) is 3. The van der Waals surface area contributed by atoms with Crippen LogP contribution in [0.5, 0.6) is 11.5 Å². The van der Waals surface area contributed by atoms with Crippen LogP contribution in [0.4, 0.5) is 0 Å². The zero-order valence-corrected chi connectivity index (χ0v) is 17.7. The van der Waals surface area contributed by atoms with Gasteiger partial charge in [-0.15, -0.1) is 0 Å². The Kier molecular flexibility index (Phi) is 8.49. The molecule has 3 aromatic carbocycles. The molecule has 0 atom stereocenters. The van der Waals surface area contributed by atoms with Gasteiger partial charge in [-0.2, -0.15) is 0 Å². The SMILES string of the molecule is O=C(CCCc1ccc(Cl)cc1)Oc1ccc(C(=O)OCCOc2ccccc2)cc1. The molecular formula is C25H23ClO5. The maximum absolute atomic E-state index is 12.1. The highest BCUT2D eigenvalue weighted by molar-refractivity contribution is 6.30. The third-order valence-corrected chi connectivity index (χ3v) is 4.66. The minimum absolute atomic E-state index is 0.137. The van der Waals surface area contributed by atoms with Gasteiger partial charge in [-0.1, -0.05) is 41.9 Å². The number of benzene rings is 3. The second-order valence-corrected chi connectivity index (χ2v) is 7.21. The highest BCUT2D eigenvalue weighted by Crippen LogP contribution is 2.16. The Labute approximate surface area is 186 Å². The van der Waals surface area contributed by atoms with Crippen LogP contribution in [0.1, 0.15) is 28.8 Å². The first-order valence-corrected chi connectivity index (χ1v) is 10.4. The molecule has 0 fully saturated rings. The number of rotatable bonds is 10. The molecule has 0 aliphatic heterocycles. The van der Waals surface area contributed by atoms with Crippen LogP contribution in [-0.2, 0) is 16.0 Å². The predicted octanol–water partition coefficient (Wildman–Crippen LogP) is 5.50. The molecule has 31 heavy (non-hydrogen) atoms. The van der Waals surface area contributed by atoms with E-state index in [4.69, 9.17) is 25.8 Å². The molecule has 0 heterocycles. The molecule has 0 aliphatic rings. The summed E-state index contributed by atoms with van der Waals surface area (Å²) in [6.45, 7) is 0.402. The Morgan fingerprint density at radius 2 is 1.48 bits per heavy atom. The minimum Gasteiger partial charge on any atom is -0.490 e. The smallest absolute Gasteiger partial charge is 0.338 e. The first kappa shape index (κ1) is 22.4. The molecule has 0 spiro atoms. The summed E-state index contributed by atoms with van der Waals surface area (Å²) in [5.41, 5.74) is 1.50. The van der Waals surface area contributed by atoms with Crippen LogP contribution in [0.3, 0.4) is 0 Å². The van der Waals surface area contributed by atoms with Gasteiger partial charge >= 0.3 is 11.9 Å². The van der Waals surface area contributed by atoms with E-state index in [2.05, 4.69) is 0 Å². The van der Waals surface area contributed by atoms with Crippen molar-refractivity contribution in [1.29, 1.82) is 0 Å². The number of carbonyl (C=O) groups is 2. The minimum atomic E-state index is -0.461. The van der Waals surface area contributed by atoms with E-state index in [0.29, 0.717) is 29.2 Å². The van der Waals surface area contributed by atoms with E-state index < -0.39 is 5.97 Å². The van der Waals surface area contributed by atoms with Crippen molar-refractivity contribution >= 4 is 23.5 Å². The lowest BCUT2D eigenvalue weighted by Crippen LogP contribution is -2.12. The van der Waals surface area contributed by atoms with Crippen molar-refractivity contribution in [2.75, 3.05) is 13.2 Å². The van der Waals surface area contributed by atoms with Crippen molar-refractivity contribution in [2.24, 2.45) is 0 Å². The van der Waals surface area contributed by atoms with Crippen LogP contribution in [-0.4, -0.2) is 25.2 Å². The average molecular weight is 439 g/mol. The van der Waals surface area contributed by atoms with Crippen molar-refractivity contribution in [3.63, 3.8) is 0 Å². The molecule has 0 radical (unpaired) electrons. The first-order chi connectivity index (χ1) is 15.1. The fourth-order valence-corrected chi connectivity index (χ4v) is 2.95. The molecule has 5 nitrogen and oxygen atoms in total. The molecule has 0 unspecified atom stereocenters. The maximum atomic E-state index is 12.1. The van der Waals surface area contributed by atoms with Gasteiger partial charge in [0.05, 0.1) is 5.56 Å². The second kappa shape index (κ2) is 11.8. The first-order valence-electron chi connectivity index (χ1n) is 10.0. The van der Waals surface area contributed by atoms with Crippen LogP contribution >= 0.6 is 11.6 Å². The van der Waals surface area contributed by atoms with Crippen molar-refractivity contribution in [3.05, 3.63) is 95.0 Å². The topological polar surface area (TPSA) is 61.8 Å². The summed E-state index contributed by atoms with van der Waals surface area (Å²) in [6, 6.07) is 23.1. The normalized spacial score (nSPS) is 10.4. The van der Waals surface area contributed by atoms with Gasteiger partial charge in [0.15, 0.2) is 0 Å². The largest absolute Gasteiger partial charge is 0.490 e. The molecule has 0 N–H and O–H groups in total. The Morgan fingerprint density at radius 1 is 0.774 bits per heavy atom. The second-order valence-electron chi connectivity index (χ2n) is 6.78. The summed E-state index contributed by atoms with van der Waals surface area (Å²) in [5.74, 6) is 0.332. The molecule has 0 bridgehead atoms. The van der Waals surface area contributed by atoms with Gasteiger partial charge in [-0.25, -0.2) is 4.79 Å². The number of halogens is 1. The van der Waals surface area contributed by atoms with Gasteiger partial charge in [0, 0.05) is 11.4 Å². The van der Waals surface area contributed by atoms with Gasteiger partial charge in [0.2, 0.25) is 0 Å². The summed E-state index contributed by atoms with van der Waals surface area (Å²) in [4.78, 5) is 24.1. The molecule has 0 saturated heterocycles. The third kappa shape index (κ3) is 7.79. The quantitative estimate of drug-likeness (QED) is 0.237. The summed E-state index contributed by atoms with van der Waals surface area (Å²) in [6.07, 6.45) is 1.74. The van der Waals surface area contributed by atoms with Crippen LogP contribution < -0.4 is 9.47 Å². The summed E-state index contributed by atoms with van der Waals surface area (Å²) < 4.78 is 16.0. The average Bonchev–Trinajstić information content (AvgIpc) is 2.79. The zero-order valence-electron chi connectivity index (χ0n) is 17.0. The number of esters is 2. The molecule has 0 saturated carbocycles. The lowest BCUT2D eigenvalue weighted by Gasteiger charge is -2.08. The fourth-order valence-electron chi connectivity index (χ4n) is 2.82. The highest BCUT2D eigenvalue weighted by Gasteiger charge is 2.09. The zero-order chi connectivity index (χ0) is 21.9. The van der Waals surface area contributed by atoms with Gasteiger partial charge in [0.25, 0.3) is 0 Å². The Balaban J connectivity index is 1.36. The number of hydrogen-bond donors (Lipinski definition) is 0. The summed E-state index contributed by atoms with van der Waals surface area (Å²) in [7, 11) is 0. The van der Waals surface area contributed by atoms with Crippen molar-refractivity contribution in [3.8, 4) is 11.5 Å². The lowest BCUT2D eigenvalue weighted by atomic mass is 10.1. The lowest BCUT2D eigenvalue weighted by molar-refractivity contribution is -0.134.